The number of nitrogens with one attached hydrogen (secondary N) is 1. The predicted octanol–water partition coefficient (Wildman–Crippen LogP) is 1.14. The Bertz CT molecular complexity index is 407. The standard InChI is InChI=1S/C9H10N2O/c1-11-8-6-4-2-3-5-7(8)10-9(11)12/h3-6H,2H2,1H3,(H,10,12). The first-order chi connectivity index (χ1) is 5.79. The third-order valence-electron chi connectivity index (χ3n) is 2.02. The molecule has 0 aromatic carbocycles. The van der Waals surface area contributed by atoms with Crippen molar-refractivity contribution in [3.8, 4) is 0 Å². The van der Waals surface area contributed by atoms with Gasteiger partial charge < -0.3 is 4.98 Å². The summed E-state index contributed by atoms with van der Waals surface area (Å²) in [6, 6.07) is 0. The minimum atomic E-state index is -0.0591. The van der Waals surface area contributed by atoms with E-state index in [0.717, 1.165) is 17.8 Å². The summed E-state index contributed by atoms with van der Waals surface area (Å²) in [6.45, 7) is 0. The van der Waals surface area contributed by atoms with Crippen LogP contribution >= 0.6 is 0 Å². The van der Waals surface area contributed by atoms with Crippen molar-refractivity contribution in [3.63, 3.8) is 0 Å². The molecule has 0 atom stereocenters. The number of allylic oxidation sites excluding steroid dienone is 2. The Morgan fingerprint density at radius 1 is 1.42 bits per heavy atom. The molecule has 3 heteroatoms. The van der Waals surface area contributed by atoms with Crippen molar-refractivity contribution in [3.05, 3.63) is 34.0 Å². The number of hydrogen-bond acceptors (Lipinski definition) is 1. The molecule has 2 rings (SSSR count). The Morgan fingerprint density at radius 2 is 2.17 bits per heavy atom. The van der Waals surface area contributed by atoms with Crippen LogP contribution in [-0.2, 0) is 7.05 Å². The minimum absolute atomic E-state index is 0.0591. The van der Waals surface area contributed by atoms with Crippen molar-refractivity contribution in [1.82, 2.24) is 9.55 Å². The summed E-state index contributed by atoms with van der Waals surface area (Å²) in [4.78, 5) is 13.9. The molecule has 1 aromatic heterocycles. The molecular formula is C9H10N2O. The van der Waals surface area contributed by atoms with Gasteiger partial charge >= 0.3 is 5.69 Å². The van der Waals surface area contributed by atoms with E-state index in [4.69, 9.17) is 0 Å². The molecule has 1 heterocycles. The fraction of sp³-hybridized carbons (Fsp3) is 0.222. The van der Waals surface area contributed by atoms with Crippen LogP contribution in [-0.4, -0.2) is 9.55 Å². The van der Waals surface area contributed by atoms with Crippen LogP contribution < -0.4 is 5.69 Å². The highest BCUT2D eigenvalue weighted by Gasteiger charge is 2.06. The van der Waals surface area contributed by atoms with Gasteiger partial charge in [0.1, 0.15) is 0 Å². The highest BCUT2D eigenvalue weighted by molar-refractivity contribution is 5.62. The van der Waals surface area contributed by atoms with Gasteiger partial charge in [-0.05, 0) is 18.6 Å². The van der Waals surface area contributed by atoms with Gasteiger partial charge in [0, 0.05) is 7.05 Å². The normalized spacial score (nSPS) is 14.4. The maximum atomic E-state index is 11.2. The van der Waals surface area contributed by atoms with Gasteiger partial charge in [-0.25, -0.2) is 4.79 Å². The Hall–Kier alpha value is -1.51. The number of nitrogens with zero attached hydrogens (tertiary/aromatic N) is 1. The molecule has 1 aliphatic rings. The second-order valence-electron chi connectivity index (χ2n) is 2.83. The molecule has 1 aromatic rings. The summed E-state index contributed by atoms with van der Waals surface area (Å²) < 4.78 is 1.61. The van der Waals surface area contributed by atoms with Crippen LogP contribution in [0.25, 0.3) is 12.2 Å². The molecule has 12 heavy (non-hydrogen) atoms. The summed E-state index contributed by atoms with van der Waals surface area (Å²) in [5.74, 6) is 0. The minimum Gasteiger partial charge on any atom is -0.306 e. The third kappa shape index (κ3) is 0.942. The molecule has 62 valence electrons. The van der Waals surface area contributed by atoms with E-state index in [-0.39, 0.29) is 5.69 Å². The Labute approximate surface area is 70.0 Å². The molecule has 0 bridgehead atoms. The third-order valence-corrected chi connectivity index (χ3v) is 2.02. The first-order valence-corrected chi connectivity index (χ1v) is 3.91. The smallest absolute Gasteiger partial charge is 0.306 e. The lowest BCUT2D eigenvalue weighted by Gasteiger charge is -1.93. The van der Waals surface area contributed by atoms with Crippen molar-refractivity contribution >= 4 is 12.2 Å². The number of rotatable bonds is 0. The molecule has 3 nitrogen and oxygen atoms in total. The lowest BCUT2D eigenvalue weighted by molar-refractivity contribution is 0.853. The lowest BCUT2D eigenvalue weighted by Crippen LogP contribution is -2.13. The SMILES string of the molecule is Cn1c2c([nH]c1=O)C=CCC=C2. The number of aromatic amines is 1. The predicted molar refractivity (Wildman–Crippen MR) is 48.7 cm³/mol. The van der Waals surface area contributed by atoms with Crippen LogP contribution in [0.3, 0.4) is 0 Å². The Morgan fingerprint density at radius 3 is 3.00 bits per heavy atom. The van der Waals surface area contributed by atoms with Crippen LogP contribution in [0.2, 0.25) is 0 Å². The first kappa shape index (κ1) is 7.16. The van der Waals surface area contributed by atoms with Gasteiger partial charge in [-0.2, -0.15) is 0 Å². The van der Waals surface area contributed by atoms with E-state index in [1.807, 2.05) is 24.3 Å². The number of fused-ring (bicyclic) bond motifs is 1. The van der Waals surface area contributed by atoms with Gasteiger partial charge in [0.05, 0.1) is 11.4 Å². The Balaban J connectivity index is 2.73. The van der Waals surface area contributed by atoms with Crippen molar-refractivity contribution in [2.75, 3.05) is 0 Å². The molecule has 0 saturated carbocycles. The molecule has 0 unspecified atom stereocenters. The maximum absolute atomic E-state index is 11.2. The zero-order valence-electron chi connectivity index (χ0n) is 6.87. The molecule has 0 saturated heterocycles. The number of hydrogen-bond donors (Lipinski definition) is 1. The second-order valence-corrected chi connectivity index (χ2v) is 2.83. The van der Waals surface area contributed by atoms with Gasteiger partial charge in [0.15, 0.2) is 0 Å². The highest BCUT2D eigenvalue weighted by atomic mass is 16.1. The summed E-state index contributed by atoms with van der Waals surface area (Å²) in [5.41, 5.74) is 1.79. The summed E-state index contributed by atoms with van der Waals surface area (Å²) >= 11 is 0. The van der Waals surface area contributed by atoms with Crippen LogP contribution in [0.15, 0.2) is 16.9 Å². The lowest BCUT2D eigenvalue weighted by atomic mass is 10.3. The second kappa shape index (κ2) is 2.52. The van der Waals surface area contributed by atoms with Gasteiger partial charge in [0.25, 0.3) is 0 Å². The van der Waals surface area contributed by atoms with Gasteiger partial charge in [-0.3, -0.25) is 4.57 Å². The van der Waals surface area contributed by atoms with Gasteiger partial charge in [-0.1, -0.05) is 12.2 Å². The van der Waals surface area contributed by atoms with E-state index in [1.54, 1.807) is 11.6 Å². The molecule has 0 fully saturated rings. The van der Waals surface area contributed by atoms with Gasteiger partial charge in [-0.15, -0.1) is 0 Å². The van der Waals surface area contributed by atoms with Crippen LogP contribution in [0, 0.1) is 0 Å². The van der Waals surface area contributed by atoms with E-state index in [9.17, 15) is 4.79 Å². The number of aromatic nitrogens is 2. The van der Waals surface area contributed by atoms with Crippen LogP contribution in [0.1, 0.15) is 17.8 Å². The fourth-order valence-electron chi connectivity index (χ4n) is 1.33. The van der Waals surface area contributed by atoms with Crippen LogP contribution in [0.5, 0.6) is 0 Å². The van der Waals surface area contributed by atoms with E-state index >= 15 is 0 Å². The van der Waals surface area contributed by atoms with Crippen LogP contribution in [0.4, 0.5) is 0 Å². The summed E-state index contributed by atoms with van der Waals surface area (Å²) in [6.07, 6.45) is 8.90. The van der Waals surface area contributed by atoms with Crippen molar-refractivity contribution in [2.24, 2.45) is 7.05 Å². The molecule has 1 aliphatic carbocycles. The van der Waals surface area contributed by atoms with E-state index in [0.29, 0.717) is 0 Å². The largest absolute Gasteiger partial charge is 0.326 e. The summed E-state index contributed by atoms with van der Waals surface area (Å²) in [5, 5.41) is 0. The number of H-pyrrole nitrogens is 1. The monoisotopic (exact) mass is 162 g/mol. The van der Waals surface area contributed by atoms with Crippen molar-refractivity contribution < 1.29 is 0 Å². The summed E-state index contributed by atoms with van der Waals surface area (Å²) in [7, 11) is 1.77. The topological polar surface area (TPSA) is 37.8 Å². The highest BCUT2D eigenvalue weighted by Crippen LogP contribution is 2.12. The molecule has 1 N–H and O–H groups in total. The maximum Gasteiger partial charge on any atom is 0.326 e. The molecule has 0 spiro atoms. The average molecular weight is 162 g/mol. The van der Waals surface area contributed by atoms with Crippen molar-refractivity contribution in [1.29, 1.82) is 0 Å². The number of imidazole rings is 1. The molecule has 0 radical (unpaired) electrons. The van der Waals surface area contributed by atoms with E-state index < -0.39 is 0 Å². The Kier molecular flexibility index (Phi) is 1.50. The first-order valence-electron chi connectivity index (χ1n) is 3.91. The quantitative estimate of drug-likeness (QED) is 0.610. The fourth-order valence-corrected chi connectivity index (χ4v) is 1.33. The van der Waals surface area contributed by atoms with E-state index in [2.05, 4.69) is 4.98 Å². The zero-order chi connectivity index (χ0) is 8.55. The molecule has 0 aliphatic heterocycles. The van der Waals surface area contributed by atoms with E-state index in [1.165, 1.54) is 0 Å². The average Bonchev–Trinajstić information content (AvgIpc) is 2.30. The molecular weight excluding hydrogens is 152 g/mol. The van der Waals surface area contributed by atoms with Gasteiger partial charge in [0.2, 0.25) is 0 Å². The van der Waals surface area contributed by atoms with Crippen molar-refractivity contribution in [2.45, 2.75) is 6.42 Å². The molecule has 0 amide bonds. The zero-order valence-corrected chi connectivity index (χ0v) is 6.87.